The number of hydrogen-bond acceptors (Lipinski definition) is 4. The number of carbonyl (C=O) groups is 1. The Bertz CT molecular complexity index is 703. The number of anilines is 2. The molecular weight excluding hydrogens is 275 g/mol. The van der Waals surface area contributed by atoms with Crippen LogP contribution in [0.2, 0.25) is 0 Å². The average Bonchev–Trinajstić information content (AvgIpc) is 2.47. The first-order chi connectivity index (χ1) is 10.1. The van der Waals surface area contributed by atoms with Crippen molar-refractivity contribution < 1.29 is 18.7 Å². The molecule has 0 fully saturated rings. The van der Waals surface area contributed by atoms with Crippen LogP contribution in [0.1, 0.15) is 10.4 Å². The van der Waals surface area contributed by atoms with Crippen LogP contribution in [-0.2, 0) is 0 Å². The van der Waals surface area contributed by atoms with Gasteiger partial charge in [0.2, 0.25) is 0 Å². The van der Waals surface area contributed by atoms with Gasteiger partial charge in [0.15, 0.2) is 11.5 Å². The zero-order chi connectivity index (χ0) is 14.8. The van der Waals surface area contributed by atoms with Crippen LogP contribution in [0.5, 0.6) is 11.5 Å². The van der Waals surface area contributed by atoms with Gasteiger partial charge < -0.3 is 20.5 Å². The number of nitrogens with two attached hydrogens (primary N) is 1. The smallest absolute Gasteiger partial charge is 0.257 e. The molecular formula is C15H13FN2O3. The standard InChI is InChI=1S/C15H13FN2O3/c16-9-1-3-11(12(17)7-9)15(19)18-10-2-4-13-14(8-10)21-6-5-20-13/h1-4,7-8H,5-6,17H2,(H,18,19). The summed E-state index contributed by atoms with van der Waals surface area (Å²) in [6.07, 6.45) is 0. The molecule has 108 valence electrons. The monoisotopic (exact) mass is 288 g/mol. The summed E-state index contributed by atoms with van der Waals surface area (Å²) in [6.45, 7) is 0.972. The van der Waals surface area contributed by atoms with Gasteiger partial charge in [0, 0.05) is 17.4 Å². The van der Waals surface area contributed by atoms with Crippen molar-refractivity contribution in [2.24, 2.45) is 0 Å². The van der Waals surface area contributed by atoms with Crippen LogP contribution in [0.3, 0.4) is 0 Å². The molecule has 1 aliphatic rings. The number of rotatable bonds is 2. The lowest BCUT2D eigenvalue weighted by atomic mass is 10.1. The van der Waals surface area contributed by atoms with Gasteiger partial charge in [-0.25, -0.2) is 4.39 Å². The molecule has 0 saturated carbocycles. The Hall–Kier alpha value is -2.76. The van der Waals surface area contributed by atoms with Gasteiger partial charge in [0.25, 0.3) is 5.91 Å². The first-order valence-electron chi connectivity index (χ1n) is 6.39. The Morgan fingerprint density at radius 3 is 2.62 bits per heavy atom. The summed E-state index contributed by atoms with van der Waals surface area (Å²) in [7, 11) is 0. The number of amides is 1. The lowest BCUT2D eigenvalue weighted by Crippen LogP contribution is -2.17. The van der Waals surface area contributed by atoms with Gasteiger partial charge >= 0.3 is 0 Å². The van der Waals surface area contributed by atoms with Crippen molar-refractivity contribution in [2.45, 2.75) is 0 Å². The molecule has 2 aromatic rings. The van der Waals surface area contributed by atoms with Crippen LogP contribution in [0.15, 0.2) is 36.4 Å². The van der Waals surface area contributed by atoms with Crippen LogP contribution in [0, 0.1) is 5.82 Å². The highest BCUT2D eigenvalue weighted by atomic mass is 19.1. The van der Waals surface area contributed by atoms with E-state index < -0.39 is 11.7 Å². The molecule has 2 aromatic carbocycles. The van der Waals surface area contributed by atoms with Crippen molar-refractivity contribution in [1.82, 2.24) is 0 Å². The van der Waals surface area contributed by atoms with Gasteiger partial charge in [-0.05, 0) is 30.3 Å². The number of nitrogen functional groups attached to an aromatic ring is 1. The zero-order valence-corrected chi connectivity index (χ0v) is 11.1. The lowest BCUT2D eigenvalue weighted by molar-refractivity contribution is 0.102. The van der Waals surface area contributed by atoms with E-state index in [1.54, 1.807) is 18.2 Å². The maximum Gasteiger partial charge on any atom is 0.257 e. The van der Waals surface area contributed by atoms with Gasteiger partial charge in [-0.3, -0.25) is 4.79 Å². The lowest BCUT2D eigenvalue weighted by Gasteiger charge is -2.19. The molecule has 3 N–H and O–H groups in total. The number of nitrogens with one attached hydrogen (secondary N) is 1. The van der Waals surface area contributed by atoms with Crippen molar-refractivity contribution in [1.29, 1.82) is 0 Å². The molecule has 0 saturated heterocycles. The summed E-state index contributed by atoms with van der Waals surface area (Å²) < 4.78 is 23.8. The number of benzene rings is 2. The molecule has 6 heteroatoms. The highest BCUT2D eigenvalue weighted by molar-refractivity contribution is 6.07. The molecule has 0 radical (unpaired) electrons. The molecule has 0 aromatic heterocycles. The summed E-state index contributed by atoms with van der Waals surface area (Å²) in [5.74, 6) is 0.319. The van der Waals surface area contributed by atoms with E-state index in [2.05, 4.69) is 5.32 Å². The van der Waals surface area contributed by atoms with Gasteiger partial charge in [-0.15, -0.1) is 0 Å². The summed E-state index contributed by atoms with van der Waals surface area (Å²) in [5, 5.41) is 2.69. The van der Waals surface area contributed by atoms with E-state index in [4.69, 9.17) is 15.2 Å². The summed E-state index contributed by atoms with van der Waals surface area (Å²) in [4.78, 5) is 12.1. The van der Waals surface area contributed by atoms with Crippen LogP contribution >= 0.6 is 0 Å². The van der Waals surface area contributed by atoms with Gasteiger partial charge in [0.1, 0.15) is 19.0 Å². The predicted octanol–water partition coefficient (Wildman–Crippen LogP) is 2.43. The van der Waals surface area contributed by atoms with E-state index in [1.807, 2.05) is 0 Å². The van der Waals surface area contributed by atoms with Crippen LogP contribution < -0.4 is 20.5 Å². The molecule has 0 spiro atoms. The molecule has 0 atom stereocenters. The Morgan fingerprint density at radius 1 is 1.10 bits per heavy atom. The molecule has 21 heavy (non-hydrogen) atoms. The van der Waals surface area contributed by atoms with E-state index >= 15 is 0 Å². The minimum atomic E-state index is -0.483. The Labute approximate surface area is 120 Å². The van der Waals surface area contributed by atoms with Crippen molar-refractivity contribution in [3.05, 3.63) is 47.8 Å². The first-order valence-corrected chi connectivity index (χ1v) is 6.39. The predicted molar refractivity (Wildman–Crippen MR) is 76.2 cm³/mol. The van der Waals surface area contributed by atoms with Crippen LogP contribution in [0.25, 0.3) is 0 Å². The number of fused-ring (bicyclic) bond motifs is 1. The highest BCUT2D eigenvalue weighted by Crippen LogP contribution is 2.32. The topological polar surface area (TPSA) is 73.6 Å². The molecule has 5 nitrogen and oxygen atoms in total. The summed E-state index contributed by atoms with van der Waals surface area (Å²) >= 11 is 0. The number of ether oxygens (including phenoxy) is 2. The fourth-order valence-corrected chi connectivity index (χ4v) is 2.06. The Kier molecular flexibility index (Phi) is 3.35. The minimum absolute atomic E-state index is 0.0880. The molecule has 3 rings (SSSR count). The van der Waals surface area contributed by atoms with Crippen LogP contribution in [-0.4, -0.2) is 19.1 Å². The molecule has 1 heterocycles. The number of carbonyl (C=O) groups excluding carboxylic acids is 1. The summed E-state index contributed by atoms with van der Waals surface area (Å²) in [5.41, 5.74) is 6.49. The third-order valence-corrected chi connectivity index (χ3v) is 3.06. The van der Waals surface area contributed by atoms with Crippen LogP contribution in [0.4, 0.5) is 15.8 Å². The van der Waals surface area contributed by atoms with Gasteiger partial charge in [0.05, 0.1) is 5.56 Å². The van der Waals surface area contributed by atoms with Gasteiger partial charge in [-0.1, -0.05) is 0 Å². The normalized spacial score (nSPS) is 12.8. The van der Waals surface area contributed by atoms with Crippen molar-refractivity contribution >= 4 is 17.3 Å². The third-order valence-electron chi connectivity index (χ3n) is 3.06. The summed E-state index contributed by atoms with van der Waals surface area (Å²) in [6, 6.07) is 8.74. The second-order valence-electron chi connectivity index (χ2n) is 4.54. The van der Waals surface area contributed by atoms with E-state index in [9.17, 15) is 9.18 Å². The fourth-order valence-electron chi connectivity index (χ4n) is 2.06. The maximum absolute atomic E-state index is 13.0. The molecule has 0 unspecified atom stereocenters. The highest BCUT2D eigenvalue weighted by Gasteiger charge is 2.14. The fraction of sp³-hybridized carbons (Fsp3) is 0.133. The van der Waals surface area contributed by atoms with Crippen molar-refractivity contribution in [3.63, 3.8) is 0 Å². The van der Waals surface area contributed by atoms with E-state index in [1.165, 1.54) is 12.1 Å². The van der Waals surface area contributed by atoms with E-state index in [-0.39, 0.29) is 11.3 Å². The Balaban J connectivity index is 1.81. The quantitative estimate of drug-likeness (QED) is 0.832. The van der Waals surface area contributed by atoms with Crippen molar-refractivity contribution in [2.75, 3.05) is 24.3 Å². The van der Waals surface area contributed by atoms with Crippen molar-refractivity contribution in [3.8, 4) is 11.5 Å². The Morgan fingerprint density at radius 2 is 1.86 bits per heavy atom. The minimum Gasteiger partial charge on any atom is -0.486 e. The second kappa shape index (κ2) is 5.32. The van der Waals surface area contributed by atoms with E-state index in [0.717, 1.165) is 6.07 Å². The number of halogens is 1. The third kappa shape index (κ3) is 2.74. The van der Waals surface area contributed by atoms with Gasteiger partial charge in [-0.2, -0.15) is 0 Å². The molecule has 0 bridgehead atoms. The SMILES string of the molecule is Nc1cc(F)ccc1C(=O)Nc1ccc2c(c1)OCCO2. The first kappa shape index (κ1) is 13.2. The second-order valence-corrected chi connectivity index (χ2v) is 4.54. The van der Waals surface area contributed by atoms with E-state index in [0.29, 0.717) is 30.4 Å². The largest absolute Gasteiger partial charge is 0.486 e. The average molecular weight is 288 g/mol. The zero-order valence-electron chi connectivity index (χ0n) is 11.1. The number of hydrogen-bond donors (Lipinski definition) is 2. The molecule has 0 aliphatic carbocycles. The maximum atomic E-state index is 13.0. The molecule has 1 amide bonds. The molecule has 1 aliphatic heterocycles.